The van der Waals surface area contributed by atoms with Crippen molar-refractivity contribution in [3.05, 3.63) is 53.1 Å². The molecule has 0 saturated heterocycles. The standard InChI is InChI=1S/C16H16ClN3O/c1-20(2)14-6-4-3-5-13(14)18-15-11-9-10(17)7-8-12(11)19-16(15)21/h3-9,15,18H,1-2H3,(H,19,21). The first-order valence-electron chi connectivity index (χ1n) is 6.69. The molecule has 0 aliphatic carbocycles. The summed E-state index contributed by atoms with van der Waals surface area (Å²) in [6, 6.07) is 12.9. The molecular formula is C16H16ClN3O. The lowest BCUT2D eigenvalue weighted by atomic mass is 10.1. The fourth-order valence-electron chi connectivity index (χ4n) is 2.52. The number of fused-ring (bicyclic) bond motifs is 1. The van der Waals surface area contributed by atoms with Crippen LogP contribution in [0.1, 0.15) is 11.6 Å². The molecule has 1 heterocycles. The van der Waals surface area contributed by atoms with E-state index in [9.17, 15) is 4.79 Å². The summed E-state index contributed by atoms with van der Waals surface area (Å²) in [4.78, 5) is 14.2. The molecule has 5 heteroatoms. The lowest BCUT2D eigenvalue weighted by Crippen LogP contribution is -2.21. The van der Waals surface area contributed by atoms with Gasteiger partial charge in [-0.05, 0) is 30.3 Å². The Hall–Kier alpha value is -2.20. The maximum Gasteiger partial charge on any atom is 0.251 e. The first-order valence-corrected chi connectivity index (χ1v) is 7.07. The molecule has 4 nitrogen and oxygen atoms in total. The molecule has 0 radical (unpaired) electrons. The van der Waals surface area contributed by atoms with Crippen molar-refractivity contribution in [1.29, 1.82) is 0 Å². The summed E-state index contributed by atoms with van der Waals surface area (Å²) in [6.07, 6.45) is 0. The van der Waals surface area contributed by atoms with E-state index < -0.39 is 6.04 Å². The maximum absolute atomic E-state index is 12.2. The minimum absolute atomic E-state index is 0.0687. The van der Waals surface area contributed by atoms with Crippen LogP contribution >= 0.6 is 11.6 Å². The highest BCUT2D eigenvalue weighted by atomic mass is 35.5. The van der Waals surface area contributed by atoms with Gasteiger partial charge in [0.1, 0.15) is 6.04 Å². The SMILES string of the molecule is CN(C)c1ccccc1NC1C(=O)Nc2ccc(Cl)cc21. The van der Waals surface area contributed by atoms with Gasteiger partial charge < -0.3 is 15.5 Å². The number of rotatable bonds is 3. The van der Waals surface area contributed by atoms with Crippen LogP contribution in [-0.2, 0) is 4.79 Å². The number of anilines is 3. The van der Waals surface area contributed by atoms with E-state index in [-0.39, 0.29) is 5.91 Å². The molecule has 0 fully saturated rings. The minimum Gasteiger partial charge on any atom is -0.376 e. The predicted octanol–water partition coefficient (Wildman–Crippen LogP) is 3.51. The molecule has 2 N–H and O–H groups in total. The van der Waals surface area contributed by atoms with Crippen molar-refractivity contribution < 1.29 is 4.79 Å². The van der Waals surface area contributed by atoms with Gasteiger partial charge >= 0.3 is 0 Å². The first-order chi connectivity index (χ1) is 10.1. The van der Waals surface area contributed by atoms with Crippen LogP contribution in [0.5, 0.6) is 0 Å². The molecule has 2 aromatic rings. The summed E-state index contributed by atoms with van der Waals surface area (Å²) in [7, 11) is 3.94. The number of carbonyl (C=O) groups excluding carboxylic acids is 1. The van der Waals surface area contributed by atoms with Gasteiger partial charge in [-0.15, -0.1) is 0 Å². The van der Waals surface area contributed by atoms with Crippen LogP contribution in [0.3, 0.4) is 0 Å². The zero-order valence-corrected chi connectivity index (χ0v) is 12.6. The van der Waals surface area contributed by atoms with E-state index in [0.717, 1.165) is 22.6 Å². The molecule has 2 aromatic carbocycles. The predicted molar refractivity (Wildman–Crippen MR) is 87.2 cm³/mol. The third kappa shape index (κ3) is 2.54. The van der Waals surface area contributed by atoms with E-state index >= 15 is 0 Å². The summed E-state index contributed by atoms with van der Waals surface area (Å²) >= 11 is 6.05. The van der Waals surface area contributed by atoms with Crippen LogP contribution in [0.25, 0.3) is 0 Å². The van der Waals surface area contributed by atoms with Crippen LogP contribution in [-0.4, -0.2) is 20.0 Å². The molecule has 1 aliphatic heterocycles. The molecule has 0 aromatic heterocycles. The molecule has 0 saturated carbocycles. The second-order valence-corrected chi connectivity index (χ2v) is 5.65. The largest absolute Gasteiger partial charge is 0.376 e. The van der Waals surface area contributed by atoms with Crippen molar-refractivity contribution in [2.75, 3.05) is 29.6 Å². The van der Waals surface area contributed by atoms with Crippen molar-refractivity contribution >= 4 is 34.6 Å². The summed E-state index contributed by atoms with van der Waals surface area (Å²) in [5, 5.41) is 6.80. The number of carbonyl (C=O) groups is 1. The monoisotopic (exact) mass is 301 g/mol. The summed E-state index contributed by atoms with van der Waals surface area (Å²) < 4.78 is 0. The highest BCUT2D eigenvalue weighted by molar-refractivity contribution is 6.31. The highest BCUT2D eigenvalue weighted by Gasteiger charge is 2.31. The Morgan fingerprint density at radius 1 is 1.19 bits per heavy atom. The summed E-state index contributed by atoms with van der Waals surface area (Å²) in [6.45, 7) is 0. The van der Waals surface area contributed by atoms with E-state index in [1.165, 1.54) is 0 Å². The molecule has 1 atom stereocenters. The summed E-state index contributed by atoms with van der Waals surface area (Å²) in [5.74, 6) is -0.0687. The molecule has 0 bridgehead atoms. The number of hydrogen-bond acceptors (Lipinski definition) is 3. The van der Waals surface area contributed by atoms with Crippen LogP contribution in [0.4, 0.5) is 17.1 Å². The van der Waals surface area contributed by atoms with Crippen LogP contribution in [0.15, 0.2) is 42.5 Å². The number of hydrogen-bond donors (Lipinski definition) is 2. The lowest BCUT2D eigenvalue weighted by molar-refractivity contribution is -0.116. The van der Waals surface area contributed by atoms with Crippen molar-refractivity contribution in [1.82, 2.24) is 0 Å². The first kappa shape index (κ1) is 13.8. The molecule has 0 spiro atoms. The Balaban J connectivity index is 1.96. The van der Waals surface area contributed by atoms with Gasteiger partial charge in [-0.2, -0.15) is 0 Å². The third-order valence-corrected chi connectivity index (χ3v) is 3.77. The zero-order chi connectivity index (χ0) is 15.0. The molecule has 108 valence electrons. The smallest absolute Gasteiger partial charge is 0.251 e. The Bertz CT molecular complexity index is 700. The Labute approximate surface area is 128 Å². The zero-order valence-electron chi connectivity index (χ0n) is 11.9. The van der Waals surface area contributed by atoms with Crippen molar-refractivity contribution in [2.45, 2.75) is 6.04 Å². The average Bonchev–Trinajstić information content (AvgIpc) is 2.75. The second-order valence-electron chi connectivity index (χ2n) is 5.21. The van der Waals surface area contributed by atoms with Crippen LogP contribution in [0.2, 0.25) is 5.02 Å². The molecule has 1 aliphatic rings. The van der Waals surface area contributed by atoms with Crippen molar-refractivity contribution in [2.24, 2.45) is 0 Å². The average molecular weight is 302 g/mol. The molecule has 1 amide bonds. The van der Waals surface area contributed by atoms with Gasteiger partial charge in [0, 0.05) is 30.4 Å². The molecule has 3 rings (SSSR count). The van der Waals surface area contributed by atoms with Gasteiger partial charge in [0.15, 0.2) is 0 Å². The number of nitrogens with zero attached hydrogens (tertiary/aromatic N) is 1. The normalized spacial score (nSPS) is 16.3. The lowest BCUT2D eigenvalue weighted by Gasteiger charge is -2.21. The van der Waals surface area contributed by atoms with E-state index in [1.54, 1.807) is 6.07 Å². The quantitative estimate of drug-likeness (QED) is 0.912. The van der Waals surface area contributed by atoms with Gasteiger partial charge in [0.05, 0.1) is 11.4 Å². The number of halogens is 1. The van der Waals surface area contributed by atoms with Gasteiger partial charge in [0.2, 0.25) is 0 Å². The van der Waals surface area contributed by atoms with Crippen molar-refractivity contribution in [3.63, 3.8) is 0 Å². The van der Waals surface area contributed by atoms with Crippen LogP contribution in [0, 0.1) is 0 Å². The van der Waals surface area contributed by atoms with Gasteiger partial charge in [0.25, 0.3) is 5.91 Å². The molecule has 1 unspecified atom stereocenters. The minimum atomic E-state index is -0.431. The van der Waals surface area contributed by atoms with Gasteiger partial charge in [-0.3, -0.25) is 4.79 Å². The highest BCUT2D eigenvalue weighted by Crippen LogP contribution is 2.36. The van der Waals surface area contributed by atoms with Gasteiger partial charge in [-0.25, -0.2) is 0 Å². The topological polar surface area (TPSA) is 44.4 Å². The Morgan fingerprint density at radius 2 is 1.95 bits per heavy atom. The number of benzene rings is 2. The number of nitrogens with one attached hydrogen (secondary N) is 2. The van der Waals surface area contributed by atoms with E-state index in [1.807, 2.05) is 55.4 Å². The van der Waals surface area contributed by atoms with E-state index in [0.29, 0.717) is 5.02 Å². The Morgan fingerprint density at radius 3 is 2.71 bits per heavy atom. The third-order valence-electron chi connectivity index (χ3n) is 3.53. The molecule has 21 heavy (non-hydrogen) atoms. The summed E-state index contributed by atoms with van der Waals surface area (Å²) in [5.41, 5.74) is 3.63. The van der Waals surface area contributed by atoms with Crippen LogP contribution < -0.4 is 15.5 Å². The molecular weight excluding hydrogens is 286 g/mol. The second kappa shape index (κ2) is 5.30. The van der Waals surface area contributed by atoms with Gasteiger partial charge in [-0.1, -0.05) is 23.7 Å². The van der Waals surface area contributed by atoms with E-state index in [2.05, 4.69) is 10.6 Å². The number of amides is 1. The fourth-order valence-corrected chi connectivity index (χ4v) is 2.70. The maximum atomic E-state index is 12.2. The van der Waals surface area contributed by atoms with E-state index in [4.69, 9.17) is 11.6 Å². The van der Waals surface area contributed by atoms with Crippen molar-refractivity contribution in [3.8, 4) is 0 Å². The number of para-hydroxylation sites is 2. The Kier molecular flexibility index (Phi) is 3.47. The fraction of sp³-hybridized carbons (Fsp3) is 0.188.